The Hall–Kier alpha value is -1.51. The molecule has 1 saturated heterocycles. The number of hydrogen-bond acceptors (Lipinski definition) is 3. The van der Waals surface area contributed by atoms with Gasteiger partial charge in [0, 0.05) is 6.54 Å². The van der Waals surface area contributed by atoms with Gasteiger partial charge in [-0.1, -0.05) is 6.92 Å². The molecule has 1 aliphatic heterocycles. The molecule has 128 valence electrons. The summed E-state index contributed by atoms with van der Waals surface area (Å²) in [5.74, 6) is -0.687. The molecule has 1 aliphatic rings. The van der Waals surface area contributed by atoms with E-state index in [1.807, 2.05) is 0 Å². The van der Waals surface area contributed by atoms with E-state index in [4.69, 9.17) is 0 Å². The second-order valence-corrected chi connectivity index (χ2v) is 7.66. The van der Waals surface area contributed by atoms with Crippen molar-refractivity contribution in [2.24, 2.45) is 0 Å². The van der Waals surface area contributed by atoms with E-state index in [1.54, 1.807) is 11.8 Å². The monoisotopic (exact) mass is 344 g/mol. The van der Waals surface area contributed by atoms with E-state index in [0.717, 1.165) is 29.5 Å². The molecular weight excluding hydrogens is 321 g/mol. The van der Waals surface area contributed by atoms with Crippen molar-refractivity contribution in [1.29, 1.82) is 0 Å². The highest BCUT2D eigenvalue weighted by atomic mass is 32.2. The Bertz CT molecular complexity index is 640. The zero-order valence-corrected chi connectivity index (χ0v) is 14.3. The lowest BCUT2D eigenvalue weighted by molar-refractivity contribution is -0.883. The molecule has 23 heavy (non-hydrogen) atoms. The summed E-state index contributed by atoms with van der Waals surface area (Å²) in [6.45, 7) is 4.69. The van der Waals surface area contributed by atoms with Crippen LogP contribution in [0, 0.1) is 5.82 Å². The maximum Gasteiger partial charge on any atom is 0.243 e. The summed E-state index contributed by atoms with van der Waals surface area (Å²) in [7, 11) is -1.73. The van der Waals surface area contributed by atoms with Gasteiger partial charge < -0.3 is 9.80 Å². The summed E-state index contributed by atoms with van der Waals surface area (Å²) < 4.78 is 39.3. The van der Waals surface area contributed by atoms with Crippen LogP contribution in [0.4, 0.5) is 4.39 Å². The Balaban J connectivity index is 2.09. The predicted molar refractivity (Wildman–Crippen MR) is 84.0 cm³/mol. The molecule has 0 atom stereocenters. The van der Waals surface area contributed by atoms with Gasteiger partial charge in [-0.3, -0.25) is 4.79 Å². The minimum absolute atomic E-state index is 0.00336. The summed E-state index contributed by atoms with van der Waals surface area (Å²) in [5, 5.41) is 0. The Kier molecular flexibility index (Phi) is 5.72. The Labute approximate surface area is 136 Å². The molecule has 0 aromatic heterocycles. The lowest BCUT2D eigenvalue weighted by atomic mass is 10.3. The Morgan fingerprint density at radius 3 is 2.35 bits per heavy atom. The number of sulfonamides is 1. The molecule has 1 heterocycles. The largest absolute Gasteiger partial charge is 0.334 e. The summed E-state index contributed by atoms with van der Waals surface area (Å²) in [4.78, 5) is 15.4. The van der Waals surface area contributed by atoms with Crippen molar-refractivity contribution in [3.63, 3.8) is 0 Å². The van der Waals surface area contributed by atoms with Crippen LogP contribution in [-0.4, -0.2) is 69.8 Å². The number of halogens is 1. The number of rotatable bonds is 5. The van der Waals surface area contributed by atoms with Gasteiger partial charge in [-0.2, -0.15) is 4.31 Å². The molecule has 0 bridgehead atoms. The molecule has 0 unspecified atom stereocenters. The molecule has 8 heteroatoms. The van der Waals surface area contributed by atoms with Crippen LogP contribution in [0.1, 0.15) is 6.92 Å². The van der Waals surface area contributed by atoms with Gasteiger partial charge in [0.05, 0.1) is 44.7 Å². The number of piperazine rings is 1. The van der Waals surface area contributed by atoms with Gasteiger partial charge in [0.1, 0.15) is 5.82 Å². The van der Waals surface area contributed by atoms with Crippen LogP contribution in [-0.2, 0) is 14.8 Å². The first kappa shape index (κ1) is 17.8. The molecule has 1 N–H and O–H groups in total. The third kappa shape index (κ3) is 4.27. The van der Waals surface area contributed by atoms with Gasteiger partial charge in [-0.15, -0.1) is 0 Å². The van der Waals surface area contributed by atoms with E-state index in [1.165, 1.54) is 17.0 Å². The fourth-order valence-electron chi connectivity index (χ4n) is 2.51. The molecule has 0 aliphatic carbocycles. The summed E-state index contributed by atoms with van der Waals surface area (Å²) in [6, 6.07) is 4.64. The molecule has 1 aromatic rings. The number of nitrogens with one attached hydrogen (secondary N) is 1. The van der Waals surface area contributed by atoms with E-state index < -0.39 is 15.8 Å². The number of likely N-dealkylation sites (N-methyl/N-ethyl adjacent to an activating group) is 2. The number of amides is 1. The van der Waals surface area contributed by atoms with Crippen LogP contribution < -0.4 is 4.90 Å². The number of benzene rings is 1. The number of hydrogen-bond donors (Lipinski definition) is 1. The van der Waals surface area contributed by atoms with Crippen LogP contribution in [0.3, 0.4) is 0 Å². The third-order valence-electron chi connectivity index (χ3n) is 4.09. The van der Waals surface area contributed by atoms with Gasteiger partial charge in [0.15, 0.2) is 0 Å². The van der Waals surface area contributed by atoms with Crippen LogP contribution in [0.2, 0.25) is 0 Å². The molecule has 0 spiro atoms. The number of quaternary nitrogens is 1. The predicted octanol–water partition coefficient (Wildman–Crippen LogP) is -0.807. The van der Waals surface area contributed by atoms with Crippen molar-refractivity contribution in [3.8, 4) is 0 Å². The lowest BCUT2D eigenvalue weighted by Crippen LogP contribution is -3.12. The zero-order chi connectivity index (χ0) is 17.0. The molecule has 2 rings (SSSR count). The average molecular weight is 344 g/mol. The van der Waals surface area contributed by atoms with Gasteiger partial charge in [0.25, 0.3) is 0 Å². The van der Waals surface area contributed by atoms with Crippen LogP contribution >= 0.6 is 0 Å². The van der Waals surface area contributed by atoms with E-state index in [-0.39, 0.29) is 23.9 Å². The van der Waals surface area contributed by atoms with Crippen LogP contribution in [0.5, 0.6) is 0 Å². The van der Waals surface area contributed by atoms with Crippen molar-refractivity contribution in [2.75, 3.05) is 46.3 Å². The van der Waals surface area contributed by atoms with Crippen molar-refractivity contribution in [3.05, 3.63) is 30.1 Å². The van der Waals surface area contributed by atoms with Crippen molar-refractivity contribution < 1.29 is 22.5 Å². The number of carbonyl (C=O) groups is 1. The summed E-state index contributed by atoms with van der Waals surface area (Å²) in [6.07, 6.45) is 0. The fraction of sp³-hybridized carbons (Fsp3) is 0.533. The first-order valence-corrected chi connectivity index (χ1v) is 9.13. The van der Waals surface area contributed by atoms with E-state index in [2.05, 4.69) is 7.05 Å². The highest BCUT2D eigenvalue weighted by Crippen LogP contribution is 2.16. The quantitative estimate of drug-likeness (QED) is 0.760. The van der Waals surface area contributed by atoms with Crippen LogP contribution in [0.15, 0.2) is 29.2 Å². The first-order valence-electron chi connectivity index (χ1n) is 7.69. The molecule has 6 nitrogen and oxygen atoms in total. The maximum atomic E-state index is 13.0. The van der Waals surface area contributed by atoms with E-state index in [9.17, 15) is 17.6 Å². The minimum atomic E-state index is -3.80. The van der Waals surface area contributed by atoms with Gasteiger partial charge in [-0.05, 0) is 24.3 Å². The topological polar surface area (TPSA) is 62.1 Å². The van der Waals surface area contributed by atoms with E-state index in [0.29, 0.717) is 13.1 Å². The Morgan fingerprint density at radius 1 is 1.26 bits per heavy atom. The fourth-order valence-corrected chi connectivity index (χ4v) is 3.91. The minimum Gasteiger partial charge on any atom is -0.334 e. The molecule has 0 saturated carbocycles. The van der Waals surface area contributed by atoms with Gasteiger partial charge in [-0.25, -0.2) is 12.8 Å². The van der Waals surface area contributed by atoms with Gasteiger partial charge in [0.2, 0.25) is 15.9 Å². The third-order valence-corrected chi connectivity index (χ3v) is 6.02. The summed E-state index contributed by atoms with van der Waals surface area (Å²) >= 11 is 0. The standard InChI is InChI=1S/C15H22FN3O3S/c1-3-19(12-15(20)18-10-8-17(2)9-11-18)23(21,22)14-6-4-13(16)5-7-14/h4-7H,3,8-12H2,1-2H3/p+1. The zero-order valence-electron chi connectivity index (χ0n) is 13.5. The highest BCUT2D eigenvalue weighted by molar-refractivity contribution is 7.89. The molecule has 1 amide bonds. The highest BCUT2D eigenvalue weighted by Gasteiger charge is 2.29. The summed E-state index contributed by atoms with van der Waals surface area (Å²) in [5.41, 5.74) is 0. The molecule has 1 aromatic carbocycles. The van der Waals surface area contributed by atoms with Crippen LogP contribution in [0.25, 0.3) is 0 Å². The first-order chi connectivity index (χ1) is 10.8. The molecular formula is C15H23FN3O3S+. The van der Waals surface area contributed by atoms with E-state index >= 15 is 0 Å². The van der Waals surface area contributed by atoms with Crippen molar-refractivity contribution >= 4 is 15.9 Å². The smallest absolute Gasteiger partial charge is 0.243 e. The van der Waals surface area contributed by atoms with Crippen molar-refractivity contribution in [1.82, 2.24) is 9.21 Å². The Morgan fingerprint density at radius 2 is 1.83 bits per heavy atom. The number of nitrogens with zero attached hydrogens (tertiary/aromatic N) is 2. The SMILES string of the molecule is CCN(CC(=O)N1CC[NH+](C)CC1)S(=O)(=O)c1ccc(F)cc1. The van der Waals surface area contributed by atoms with Gasteiger partial charge >= 0.3 is 0 Å². The normalized spacial score (nSPS) is 16.8. The van der Waals surface area contributed by atoms with Crippen molar-refractivity contribution in [2.45, 2.75) is 11.8 Å². The average Bonchev–Trinajstić information content (AvgIpc) is 2.53. The molecule has 0 radical (unpaired) electrons. The second-order valence-electron chi connectivity index (χ2n) is 5.72. The second kappa shape index (κ2) is 7.37. The lowest BCUT2D eigenvalue weighted by Gasteiger charge is -2.31. The molecule has 1 fully saturated rings. The maximum absolute atomic E-state index is 13.0. The number of carbonyl (C=O) groups excluding carboxylic acids is 1.